The number of carbonyl (C=O) groups is 2. The monoisotopic (exact) mass is 396 g/mol. The molecule has 2 aromatic rings. The van der Waals surface area contributed by atoms with E-state index < -0.39 is 0 Å². The molecule has 1 fully saturated rings. The minimum absolute atomic E-state index is 0.0268. The second kappa shape index (κ2) is 8.39. The van der Waals surface area contributed by atoms with Gasteiger partial charge in [-0.1, -0.05) is 45.4 Å². The fourth-order valence-electron chi connectivity index (χ4n) is 3.87. The zero-order chi connectivity index (χ0) is 21.3. The van der Waals surface area contributed by atoms with E-state index in [9.17, 15) is 9.59 Å². The highest BCUT2D eigenvalue weighted by atomic mass is 16.2. The lowest BCUT2D eigenvalue weighted by molar-refractivity contribution is -0.130. The van der Waals surface area contributed by atoms with Crippen molar-refractivity contribution < 1.29 is 9.59 Å². The van der Waals surface area contributed by atoms with Gasteiger partial charge in [-0.15, -0.1) is 0 Å². The number of rotatable bonds is 4. The highest BCUT2D eigenvalue weighted by Gasteiger charge is 2.32. The third kappa shape index (κ3) is 4.21. The first-order valence-corrected chi connectivity index (χ1v) is 10.4. The van der Waals surface area contributed by atoms with Gasteiger partial charge in [-0.2, -0.15) is 5.10 Å². The second-order valence-electron chi connectivity index (χ2n) is 8.50. The first kappa shape index (κ1) is 21.1. The smallest absolute Gasteiger partial charge is 0.257 e. The molecular formula is C23H32N4O2. The van der Waals surface area contributed by atoms with Crippen molar-refractivity contribution in [2.45, 2.75) is 53.4 Å². The van der Waals surface area contributed by atoms with Gasteiger partial charge in [0, 0.05) is 33.1 Å². The summed E-state index contributed by atoms with van der Waals surface area (Å²) in [7, 11) is 0. The molecule has 2 amide bonds. The molecule has 1 aliphatic heterocycles. The van der Waals surface area contributed by atoms with Crippen molar-refractivity contribution in [2.24, 2.45) is 0 Å². The Kier molecular flexibility index (Phi) is 6.10. The van der Waals surface area contributed by atoms with E-state index in [0.29, 0.717) is 26.2 Å². The zero-order valence-electron chi connectivity index (χ0n) is 18.4. The van der Waals surface area contributed by atoms with E-state index in [2.05, 4.69) is 58.9 Å². The van der Waals surface area contributed by atoms with Gasteiger partial charge in [-0.05, 0) is 30.9 Å². The van der Waals surface area contributed by atoms with Crippen LogP contribution in [0.5, 0.6) is 0 Å². The lowest BCUT2D eigenvalue weighted by Crippen LogP contribution is -2.50. The number of nitrogens with zero attached hydrogens (tertiary/aromatic N) is 4. The Balaban J connectivity index is 2.04. The Morgan fingerprint density at radius 1 is 0.897 bits per heavy atom. The summed E-state index contributed by atoms with van der Waals surface area (Å²) in [6.07, 6.45) is 0. The van der Waals surface area contributed by atoms with Crippen LogP contribution in [0.15, 0.2) is 24.3 Å². The van der Waals surface area contributed by atoms with Crippen LogP contribution >= 0.6 is 0 Å². The lowest BCUT2D eigenvalue weighted by atomic mass is 9.97. The molecule has 1 aliphatic rings. The summed E-state index contributed by atoms with van der Waals surface area (Å²) in [4.78, 5) is 28.9. The molecule has 0 unspecified atom stereocenters. The van der Waals surface area contributed by atoms with E-state index >= 15 is 0 Å². The predicted octanol–water partition coefficient (Wildman–Crippen LogP) is 3.73. The molecule has 29 heavy (non-hydrogen) atoms. The van der Waals surface area contributed by atoms with Crippen LogP contribution in [0.1, 0.15) is 73.8 Å². The summed E-state index contributed by atoms with van der Waals surface area (Å²) in [5.41, 5.74) is 4.69. The number of piperazine rings is 1. The van der Waals surface area contributed by atoms with Crippen molar-refractivity contribution >= 4 is 11.8 Å². The highest BCUT2D eigenvalue weighted by molar-refractivity contribution is 5.97. The van der Waals surface area contributed by atoms with Gasteiger partial charge in [0.25, 0.3) is 5.91 Å². The largest absolute Gasteiger partial charge is 0.339 e. The van der Waals surface area contributed by atoms with E-state index in [1.807, 2.05) is 9.58 Å². The summed E-state index contributed by atoms with van der Waals surface area (Å²) in [5.74, 6) is 0.374. The molecule has 6 heteroatoms. The van der Waals surface area contributed by atoms with E-state index in [4.69, 9.17) is 5.10 Å². The molecule has 6 nitrogen and oxygen atoms in total. The maximum atomic E-state index is 13.6. The molecule has 0 bridgehead atoms. The molecule has 0 aliphatic carbocycles. The van der Waals surface area contributed by atoms with Gasteiger partial charge < -0.3 is 9.80 Å². The lowest BCUT2D eigenvalue weighted by Gasteiger charge is -2.34. The second-order valence-corrected chi connectivity index (χ2v) is 8.50. The molecule has 0 spiro atoms. The molecule has 1 saturated heterocycles. The van der Waals surface area contributed by atoms with Crippen LogP contribution in [0.4, 0.5) is 0 Å². The van der Waals surface area contributed by atoms with Crippen molar-refractivity contribution in [3.05, 3.63) is 46.8 Å². The van der Waals surface area contributed by atoms with Gasteiger partial charge in [0.05, 0.1) is 22.6 Å². The molecule has 0 saturated carbocycles. The summed E-state index contributed by atoms with van der Waals surface area (Å²) in [5, 5.41) is 4.89. The van der Waals surface area contributed by atoms with Crippen molar-refractivity contribution in [3.63, 3.8) is 0 Å². The van der Waals surface area contributed by atoms with Crippen molar-refractivity contribution in [1.29, 1.82) is 0 Å². The number of hydrogen-bond donors (Lipinski definition) is 0. The average Bonchev–Trinajstić information content (AvgIpc) is 3.09. The van der Waals surface area contributed by atoms with Crippen LogP contribution in [-0.4, -0.2) is 57.6 Å². The average molecular weight is 397 g/mol. The summed E-state index contributed by atoms with van der Waals surface area (Å²) in [6, 6.07) is 8.24. The van der Waals surface area contributed by atoms with Crippen LogP contribution in [0, 0.1) is 6.92 Å². The number of hydrogen-bond acceptors (Lipinski definition) is 3. The SMILES string of the molecule is CC(=O)N1CCN(C(=O)c2c(C(C)C)nn(-c3ccc(C)cc3)c2C(C)C)CC1. The van der Waals surface area contributed by atoms with Gasteiger partial charge in [-0.3, -0.25) is 9.59 Å². The van der Waals surface area contributed by atoms with Crippen molar-refractivity contribution in [3.8, 4) is 5.69 Å². The summed E-state index contributed by atoms with van der Waals surface area (Å²) in [6.45, 7) is 14.3. The van der Waals surface area contributed by atoms with Gasteiger partial charge in [0.2, 0.25) is 5.91 Å². The molecule has 0 N–H and O–H groups in total. The fraction of sp³-hybridized carbons (Fsp3) is 0.522. The Hall–Kier alpha value is -2.63. The van der Waals surface area contributed by atoms with Crippen LogP contribution in [0.25, 0.3) is 5.69 Å². The first-order valence-electron chi connectivity index (χ1n) is 10.4. The van der Waals surface area contributed by atoms with Crippen LogP contribution in [-0.2, 0) is 4.79 Å². The minimum Gasteiger partial charge on any atom is -0.339 e. The molecule has 1 aromatic carbocycles. The zero-order valence-corrected chi connectivity index (χ0v) is 18.4. The highest BCUT2D eigenvalue weighted by Crippen LogP contribution is 2.31. The molecular weight excluding hydrogens is 364 g/mol. The number of benzene rings is 1. The number of carbonyl (C=O) groups excluding carboxylic acids is 2. The van der Waals surface area contributed by atoms with E-state index in [1.54, 1.807) is 11.8 Å². The molecule has 1 aromatic heterocycles. The predicted molar refractivity (Wildman–Crippen MR) is 115 cm³/mol. The standard InChI is InChI=1S/C23H32N4O2/c1-15(2)21-20(23(29)26-13-11-25(12-14-26)18(6)28)22(16(3)4)27(24-21)19-9-7-17(5)8-10-19/h7-10,15-16H,11-14H2,1-6H3. The summed E-state index contributed by atoms with van der Waals surface area (Å²) < 4.78 is 1.94. The molecule has 0 atom stereocenters. The quantitative estimate of drug-likeness (QED) is 0.791. The molecule has 3 rings (SSSR count). The minimum atomic E-state index is 0.0268. The number of amides is 2. The maximum absolute atomic E-state index is 13.6. The van der Waals surface area contributed by atoms with Crippen molar-refractivity contribution in [2.75, 3.05) is 26.2 Å². The Morgan fingerprint density at radius 3 is 1.93 bits per heavy atom. The first-order chi connectivity index (χ1) is 13.7. The molecule has 2 heterocycles. The van der Waals surface area contributed by atoms with E-state index in [0.717, 1.165) is 22.6 Å². The van der Waals surface area contributed by atoms with Gasteiger partial charge >= 0.3 is 0 Å². The number of aryl methyl sites for hydroxylation is 1. The van der Waals surface area contributed by atoms with Crippen LogP contribution in [0.3, 0.4) is 0 Å². The van der Waals surface area contributed by atoms with Crippen LogP contribution in [0.2, 0.25) is 0 Å². The topological polar surface area (TPSA) is 58.4 Å². The van der Waals surface area contributed by atoms with E-state index in [-0.39, 0.29) is 23.7 Å². The normalized spacial score (nSPS) is 14.8. The molecule has 156 valence electrons. The van der Waals surface area contributed by atoms with Crippen molar-refractivity contribution in [1.82, 2.24) is 19.6 Å². The Labute approximate surface area is 173 Å². The van der Waals surface area contributed by atoms with Gasteiger partial charge in [0.1, 0.15) is 0 Å². The van der Waals surface area contributed by atoms with Gasteiger partial charge in [-0.25, -0.2) is 4.68 Å². The van der Waals surface area contributed by atoms with E-state index in [1.165, 1.54) is 5.56 Å². The Morgan fingerprint density at radius 2 is 1.45 bits per heavy atom. The molecule has 0 radical (unpaired) electrons. The van der Waals surface area contributed by atoms with Gasteiger partial charge in [0.15, 0.2) is 0 Å². The Bertz CT molecular complexity index is 888. The third-order valence-corrected chi connectivity index (χ3v) is 5.55. The fourth-order valence-corrected chi connectivity index (χ4v) is 3.87. The summed E-state index contributed by atoms with van der Waals surface area (Å²) >= 11 is 0. The number of aromatic nitrogens is 2. The maximum Gasteiger partial charge on any atom is 0.257 e. The third-order valence-electron chi connectivity index (χ3n) is 5.55. The van der Waals surface area contributed by atoms with Crippen LogP contribution < -0.4 is 0 Å².